The van der Waals surface area contributed by atoms with Gasteiger partial charge in [0.1, 0.15) is 12.1 Å². The van der Waals surface area contributed by atoms with Crippen LogP contribution in [-0.4, -0.2) is 9.97 Å². The molecule has 0 atom stereocenters. The van der Waals surface area contributed by atoms with Crippen molar-refractivity contribution in [2.24, 2.45) is 0 Å². The number of benzene rings is 1. The van der Waals surface area contributed by atoms with E-state index in [1.807, 2.05) is 37.3 Å². The lowest BCUT2D eigenvalue weighted by Gasteiger charge is -2.05. The fourth-order valence-electron chi connectivity index (χ4n) is 2.03. The predicted octanol–water partition coefficient (Wildman–Crippen LogP) is 4.73. The lowest BCUT2D eigenvalue weighted by molar-refractivity contribution is 0.573. The zero-order valence-corrected chi connectivity index (χ0v) is 14.0. The van der Waals surface area contributed by atoms with E-state index in [1.165, 1.54) is 5.56 Å². The highest BCUT2D eigenvalue weighted by Crippen LogP contribution is 2.20. The highest BCUT2D eigenvalue weighted by Gasteiger charge is 2.07. The summed E-state index contributed by atoms with van der Waals surface area (Å²) in [7, 11) is 0. The molecule has 0 amide bonds. The van der Waals surface area contributed by atoms with Gasteiger partial charge in [-0.05, 0) is 53.5 Å². The normalized spacial score (nSPS) is 10.7. The van der Waals surface area contributed by atoms with E-state index in [9.17, 15) is 0 Å². The first kappa shape index (κ1) is 14.8. The van der Waals surface area contributed by atoms with E-state index >= 15 is 0 Å². The quantitative estimate of drug-likeness (QED) is 0.733. The molecule has 0 saturated carbocycles. The molecule has 1 N–H and O–H groups in total. The highest BCUT2D eigenvalue weighted by molar-refractivity contribution is 9.10. The molecule has 0 fully saturated rings. The number of oxazole rings is 1. The summed E-state index contributed by atoms with van der Waals surface area (Å²) >= 11 is 3.44. The molecule has 0 spiro atoms. The lowest BCUT2D eigenvalue weighted by Crippen LogP contribution is -2.02. The summed E-state index contributed by atoms with van der Waals surface area (Å²) in [6.45, 7) is 4.66. The first-order valence-electron chi connectivity index (χ1n) is 6.99. The maximum absolute atomic E-state index is 5.54. The minimum absolute atomic E-state index is 0.573. The first-order valence-corrected chi connectivity index (χ1v) is 7.78. The summed E-state index contributed by atoms with van der Waals surface area (Å²) in [4.78, 5) is 8.81. The molecule has 3 aromatic rings. The summed E-state index contributed by atoms with van der Waals surface area (Å²) in [6, 6.07) is 10.1. The van der Waals surface area contributed by atoms with Gasteiger partial charge in [-0.3, -0.25) is 0 Å². The molecular weight excluding hydrogens is 342 g/mol. The maximum atomic E-state index is 5.54. The van der Waals surface area contributed by atoms with Crippen LogP contribution in [0.2, 0.25) is 0 Å². The molecule has 0 aliphatic rings. The molecule has 0 unspecified atom stereocenters. The Hall–Kier alpha value is -2.14. The van der Waals surface area contributed by atoms with Crippen LogP contribution in [-0.2, 0) is 6.54 Å². The van der Waals surface area contributed by atoms with Gasteiger partial charge in [0, 0.05) is 16.2 Å². The monoisotopic (exact) mass is 357 g/mol. The molecule has 112 valence electrons. The summed E-state index contributed by atoms with van der Waals surface area (Å²) in [5, 5.41) is 3.25. The minimum atomic E-state index is 0.573. The van der Waals surface area contributed by atoms with Crippen LogP contribution >= 0.6 is 15.9 Å². The fourth-order valence-corrected chi connectivity index (χ4v) is 2.25. The average Bonchev–Trinajstić information content (AvgIpc) is 2.98. The topological polar surface area (TPSA) is 51.0 Å². The van der Waals surface area contributed by atoms with Crippen molar-refractivity contribution >= 4 is 21.7 Å². The van der Waals surface area contributed by atoms with Crippen LogP contribution in [0.15, 0.2) is 51.7 Å². The summed E-state index contributed by atoms with van der Waals surface area (Å²) in [6.07, 6.45) is 3.46. The van der Waals surface area contributed by atoms with E-state index in [1.54, 1.807) is 12.5 Å². The van der Waals surface area contributed by atoms with E-state index in [0.717, 1.165) is 27.1 Å². The Labute approximate surface area is 137 Å². The van der Waals surface area contributed by atoms with Crippen molar-refractivity contribution in [1.82, 2.24) is 9.97 Å². The lowest BCUT2D eigenvalue weighted by atomic mass is 10.1. The van der Waals surface area contributed by atoms with Crippen molar-refractivity contribution in [1.29, 1.82) is 0 Å². The van der Waals surface area contributed by atoms with Crippen LogP contribution in [0, 0.1) is 13.8 Å². The summed E-state index contributed by atoms with van der Waals surface area (Å²) in [5.41, 5.74) is 4.18. The van der Waals surface area contributed by atoms with Crippen molar-refractivity contribution < 1.29 is 4.42 Å². The predicted molar refractivity (Wildman–Crippen MR) is 90.7 cm³/mol. The Morgan fingerprint density at radius 1 is 1.18 bits per heavy atom. The largest absolute Gasteiger partial charge is 0.444 e. The second kappa shape index (κ2) is 6.32. The van der Waals surface area contributed by atoms with Gasteiger partial charge in [0.15, 0.2) is 0 Å². The van der Waals surface area contributed by atoms with Crippen LogP contribution in [0.25, 0.3) is 11.5 Å². The van der Waals surface area contributed by atoms with E-state index in [0.29, 0.717) is 12.4 Å². The molecule has 0 bridgehead atoms. The highest BCUT2D eigenvalue weighted by atomic mass is 79.9. The van der Waals surface area contributed by atoms with Crippen molar-refractivity contribution in [3.8, 4) is 11.5 Å². The second-order valence-electron chi connectivity index (χ2n) is 5.18. The minimum Gasteiger partial charge on any atom is -0.444 e. The number of nitrogens with one attached hydrogen (secondary N) is 1. The second-order valence-corrected chi connectivity index (χ2v) is 6.04. The van der Waals surface area contributed by atoms with Gasteiger partial charge in [0.25, 0.3) is 0 Å². The molecule has 0 aliphatic heterocycles. The van der Waals surface area contributed by atoms with E-state index in [-0.39, 0.29) is 0 Å². The number of anilines is 1. The van der Waals surface area contributed by atoms with Crippen LogP contribution in [0.1, 0.15) is 16.8 Å². The molecule has 3 rings (SSSR count). The van der Waals surface area contributed by atoms with E-state index < -0.39 is 0 Å². The number of hydrogen-bond acceptors (Lipinski definition) is 4. The molecule has 2 heterocycles. The van der Waals surface area contributed by atoms with E-state index in [4.69, 9.17) is 4.42 Å². The molecule has 0 aliphatic carbocycles. The Morgan fingerprint density at radius 2 is 1.95 bits per heavy atom. The molecule has 0 saturated heterocycles. The third kappa shape index (κ3) is 3.36. The average molecular weight is 358 g/mol. The Balaban J connectivity index is 1.69. The molecule has 0 radical (unpaired) electrons. The van der Waals surface area contributed by atoms with Gasteiger partial charge in [0.2, 0.25) is 5.89 Å². The van der Waals surface area contributed by atoms with Gasteiger partial charge in [-0.2, -0.15) is 0 Å². The van der Waals surface area contributed by atoms with Crippen LogP contribution < -0.4 is 5.32 Å². The van der Waals surface area contributed by atoms with Gasteiger partial charge in [-0.1, -0.05) is 17.7 Å². The number of rotatable bonds is 4. The number of hydrogen-bond donors (Lipinski definition) is 1. The Bertz CT molecular complexity index is 781. The number of nitrogens with zero attached hydrogens (tertiary/aromatic N) is 2. The van der Waals surface area contributed by atoms with Crippen molar-refractivity contribution in [3.63, 3.8) is 0 Å². The zero-order valence-electron chi connectivity index (χ0n) is 12.4. The Morgan fingerprint density at radius 3 is 2.68 bits per heavy atom. The first-order chi connectivity index (χ1) is 10.6. The Kier molecular flexibility index (Phi) is 4.24. The van der Waals surface area contributed by atoms with Crippen LogP contribution in [0.4, 0.5) is 5.82 Å². The van der Waals surface area contributed by atoms with Crippen molar-refractivity contribution in [2.75, 3.05) is 5.32 Å². The molecule has 22 heavy (non-hydrogen) atoms. The molecule has 5 heteroatoms. The fraction of sp³-hybridized carbons (Fsp3) is 0.176. The zero-order chi connectivity index (χ0) is 15.5. The number of pyridine rings is 1. The third-order valence-corrected chi connectivity index (χ3v) is 4.18. The van der Waals surface area contributed by atoms with Crippen molar-refractivity contribution in [3.05, 3.63) is 64.1 Å². The summed E-state index contributed by atoms with van der Waals surface area (Å²) in [5.74, 6) is 1.46. The maximum Gasteiger partial charge on any atom is 0.226 e. The van der Waals surface area contributed by atoms with Gasteiger partial charge < -0.3 is 9.73 Å². The van der Waals surface area contributed by atoms with Gasteiger partial charge in [-0.15, -0.1) is 0 Å². The molecule has 4 nitrogen and oxygen atoms in total. The molecular formula is C17H16BrN3O. The number of aromatic nitrogens is 2. The van der Waals surface area contributed by atoms with Crippen molar-refractivity contribution in [2.45, 2.75) is 20.4 Å². The molecule has 1 aromatic carbocycles. The van der Waals surface area contributed by atoms with Crippen LogP contribution in [0.3, 0.4) is 0 Å². The van der Waals surface area contributed by atoms with Gasteiger partial charge in [0.05, 0.1) is 12.2 Å². The molecule has 2 aromatic heterocycles. The smallest absolute Gasteiger partial charge is 0.226 e. The van der Waals surface area contributed by atoms with E-state index in [2.05, 4.69) is 38.1 Å². The number of aryl methyl sites for hydroxylation is 2. The number of halogens is 1. The van der Waals surface area contributed by atoms with Gasteiger partial charge in [-0.25, -0.2) is 9.97 Å². The van der Waals surface area contributed by atoms with Gasteiger partial charge >= 0.3 is 0 Å². The summed E-state index contributed by atoms with van der Waals surface area (Å²) < 4.78 is 6.54. The standard InChI is InChI=1S/C17H16BrN3O/c1-11-3-5-13(6-4-11)17-21-14(10-22-17)8-19-16-7-12(2)15(18)9-20-16/h3-7,9-10H,8H2,1-2H3,(H,19,20). The third-order valence-electron chi connectivity index (χ3n) is 3.35. The SMILES string of the molecule is Cc1ccc(-c2nc(CNc3cc(C)c(Br)cn3)co2)cc1. The van der Waals surface area contributed by atoms with Crippen LogP contribution in [0.5, 0.6) is 0 Å².